The van der Waals surface area contributed by atoms with Crippen LogP contribution in [0.3, 0.4) is 0 Å². The Bertz CT molecular complexity index is 1860. The zero-order chi connectivity index (χ0) is 30.4. The first kappa shape index (κ1) is 28.4. The van der Waals surface area contributed by atoms with E-state index in [1.54, 1.807) is 0 Å². The minimum Gasteiger partial charge on any atom is -0.455 e. The van der Waals surface area contributed by atoms with Crippen LogP contribution >= 0.6 is 15.9 Å². The number of benzene rings is 7. The Labute approximate surface area is 272 Å². The summed E-state index contributed by atoms with van der Waals surface area (Å²) in [5.74, 6) is 2.84. The average molecular weight is 646 g/mol. The Kier molecular flexibility index (Phi) is 8.26. The molecule has 0 saturated carbocycles. The molecule has 0 heterocycles. The van der Waals surface area contributed by atoms with Crippen LogP contribution in [-0.2, 0) is 0 Å². The zero-order valence-corrected chi connectivity index (χ0v) is 26.0. The summed E-state index contributed by atoms with van der Waals surface area (Å²) in [5, 5.41) is 0. The Hall–Kier alpha value is -5.38. The lowest BCUT2D eigenvalue weighted by Gasteiger charge is -2.21. The van der Waals surface area contributed by atoms with Gasteiger partial charge in [0.15, 0.2) is 11.5 Å². The van der Waals surface area contributed by atoms with E-state index in [1.807, 2.05) is 97.1 Å². The van der Waals surface area contributed by atoms with Gasteiger partial charge in [0.25, 0.3) is 0 Å². The van der Waals surface area contributed by atoms with Gasteiger partial charge in [-0.2, -0.15) is 0 Å². The molecule has 0 saturated heterocycles. The Morgan fingerprint density at radius 2 is 0.600 bits per heavy atom. The zero-order valence-electron chi connectivity index (χ0n) is 24.4. The molecule has 216 valence electrons. The third kappa shape index (κ3) is 6.31. The molecule has 0 amide bonds. The minimum atomic E-state index is 0.684. The lowest BCUT2D eigenvalue weighted by atomic mass is 9.97. The Morgan fingerprint density at radius 3 is 0.933 bits per heavy atom. The van der Waals surface area contributed by atoms with Crippen LogP contribution in [-0.4, -0.2) is 0 Å². The molecule has 7 rings (SSSR count). The molecule has 0 aliphatic rings. The highest BCUT2D eigenvalue weighted by atomic mass is 79.9. The quantitative estimate of drug-likeness (QED) is 0.164. The lowest BCUT2D eigenvalue weighted by Crippen LogP contribution is -1.97. The van der Waals surface area contributed by atoms with E-state index >= 15 is 0 Å². The third-order valence-corrected chi connectivity index (χ3v) is 8.43. The fraction of sp³-hybridized carbons (Fsp3) is 0. The standard InChI is InChI=1S/C42H29BrO2/c43-40-41(44-36-25-21-32(22-26-36)30-13-5-1-6-14-30)38(34-17-9-3-10-18-34)29-39(35-19-11-4-12-20-35)42(40)45-37-27-23-33(24-28-37)31-15-7-2-8-16-31/h1-29H. The van der Waals surface area contributed by atoms with Crippen molar-refractivity contribution in [2.24, 2.45) is 0 Å². The van der Waals surface area contributed by atoms with Crippen molar-refractivity contribution in [2.45, 2.75) is 0 Å². The maximum Gasteiger partial charge on any atom is 0.153 e. The molecule has 0 aromatic heterocycles. The van der Waals surface area contributed by atoms with Crippen molar-refractivity contribution in [2.75, 3.05) is 0 Å². The van der Waals surface area contributed by atoms with Crippen molar-refractivity contribution >= 4 is 15.9 Å². The lowest BCUT2D eigenvalue weighted by molar-refractivity contribution is 0.457. The van der Waals surface area contributed by atoms with E-state index in [2.05, 4.69) is 94.8 Å². The van der Waals surface area contributed by atoms with Gasteiger partial charge < -0.3 is 9.47 Å². The van der Waals surface area contributed by atoms with Crippen LogP contribution in [0.2, 0.25) is 0 Å². The van der Waals surface area contributed by atoms with E-state index in [0.29, 0.717) is 11.5 Å². The summed E-state index contributed by atoms with van der Waals surface area (Å²) in [5.41, 5.74) is 8.60. The smallest absolute Gasteiger partial charge is 0.153 e. The fourth-order valence-electron chi connectivity index (χ4n) is 5.41. The number of rotatable bonds is 8. The van der Waals surface area contributed by atoms with Gasteiger partial charge in [0.05, 0.1) is 0 Å². The van der Waals surface area contributed by atoms with Gasteiger partial charge in [-0.3, -0.25) is 0 Å². The molecule has 0 unspecified atom stereocenters. The molecule has 0 radical (unpaired) electrons. The van der Waals surface area contributed by atoms with Crippen molar-refractivity contribution in [1.82, 2.24) is 0 Å². The van der Waals surface area contributed by atoms with Gasteiger partial charge in [-0.25, -0.2) is 0 Å². The summed E-state index contributed by atoms with van der Waals surface area (Å²) >= 11 is 3.94. The van der Waals surface area contributed by atoms with Crippen LogP contribution < -0.4 is 9.47 Å². The minimum absolute atomic E-state index is 0.684. The van der Waals surface area contributed by atoms with E-state index in [9.17, 15) is 0 Å². The number of hydrogen-bond donors (Lipinski definition) is 0. The molecule has 0 spiro atoms. The third-order valence-electron chi connectivity index (χ3n) is 7.71. The molecule has 7 aromatic carbocycles. The van der Waals surface area contributed by atoms with Crippen LogP contribution in [0.1, 0.15) is 0 Å². The van der Waals surface area contributed by atoms with Crippen molar-refractivity contribution < 1.29 is 9.47 Å². The highest BCUT2D eigenvalue weighted by Gasteiger charge is 2.22. The summed E-state index contributed by atoms with van der Waals surface area (Å²) < 4.78 is 14.1. The normalized spacial score (nSPS) is 10.8. The second kappa shape index (κ2) is 13.1. The monoisotopic (exact) mass is 644 g/mol. The van der Waals surface area contributed by atoms with Crippen LogP contribution in [0.15, 0.2) is 180 Å². The molecule has 0 atom stereocenters. The first-order valence-electron chi connectivity index (χ1n) is 14.9. The molecule has 45 heavy (non-hydrogen) atoms. The van der Waals surface area contributed by atoms with Crippen molar-refractivity contribution in [3.8, 4) is 67.5 Å². The van der Waals surface area contributed by atoms with Gasteiger partial charge in [0.2, 0.25) is 0 Å². The van der Waals surface area contributed by atoms with Crippen molar-refractivity contribution in [3.05, 3.63) is 180 Å². The first-order chi connectivity index (χ1) is 22.2. The van der Waals surface area contributed by atoms with E-state index in [0.717, 1.165) is 60.5 Å². The van der Waals surface area contributed by atoms with Crippen molar-refractivity contribution in [3.63, 3.8) is 0 Å². The molecule has 0 aliphatic carbocycles. The molecule has 7 aromatic rings. The highest BCUT2D eigenvalue weighted by molar-refractivity contribution is 9.10. The Morgan fingerprint density at radius 1 is 0.311 bits per heavy atom. The average Bonchev–Trinajstić information content (AvgIpc) is 3.12. The molecular weight excluding hydrogens is 616 g/mol. The first-order valence-corrected chi connectivity index (χ1v) is 15.7. The largest absolute Gasteiger partial charge is 0.455 e. The maximum absolute atomic E-state index is 6.70. The Balaban J connectivity index is 1.33. The molecule has 2 nitrogen and oxygen atoms in total. The van der Waals surface area contributed by atoms with Gasteiger partial charge in [-0.15, -0.1) is 0 Å². The number of ether oxygens (including phenoxy) is 2. The molecule has 0 fully saturated rings. The summed E-state index contributed by atoms with van der Waals surface area (Å²) in [6.45, 7) is 0. The second-order valence-electron chi connectivity index (χ2n) is 10.7. The van der Waals surface area contributed by atoms with Crippen LogP contribution in [0, 0.1) is 0 Å². The van der Waals surface area contributed by atoms with E-state index in [4.69, 9.17) is 9.47 Å². The summed E-state index contributed by atoms with van der Waals surface area (Å²) in [4.78, 5) is 0. The summed E-state index contributed by atoms with van der Waals surface area (Å²) in [6.07, 6.45) is 0. The number of hydrogen-bond acceptors (Lipinski definition) is 2. The van der Waals surface area contributed by atoms with Gasteiger partial charge >= 0.3 is 0 Å². The van der Waals surface area contributed by atoms with Gasteiger partial charge in [0, 0.05) is 11.1 Å². The number of halogens is 1. The predicted molar refractivity (Wildman–Crippen MR) is 189 cm³/mol. The van der Waals surface area contributed by atoms with Crippen LogP contribution in [0.5, 0.6) is 23.0 Å². The van der Waals surface area contributed by atoms with Gasteiger partial charge in [-0.1, -0.05) is 146 Å². The molecule has 0 aliphatic heterocycles. The summed E-state index contributed by atoms with van der Waals surface area (Å²) in [6, 6.07) is 59.9. The second-order valence-corrected chi connectivity index (χ2v) is 11.5. The molecule has 3 heteroatoms. The van der Waals surface area contributed by atoms with Gasteiger partial charge in [0.1, 0.15) is 16.0 Å². The SMILES string of the molecule is Brc1c(Oc2ccc(-c3ccccc3)cc2)c(-c2ccccc2)cc(-c2ccccc2)c1Oc1ccc(-c2ccccc2)cc1. The molecular formula is C42H29BrO2. The van der Waals surface area contributed by atoms with E-state index in [1.165, 1.54) is 0 Å². The van der Waals surface area contributed by atoms with Crippen LogP contribution in [0.25, 0.3) is 44.5 Å². The maximum atomic E-state index is 6.70. The van der Waals surface area contributed by atoms with Gasteiger partial charge in [-0.05, 0) is 79.6 Å². The highest BCUT2D eigenvalue weighted by Crippen LogP contribution is 2.50. The summed E-state index contributed by atoms with van der Waals surface area (Å²) in [7, 11) is 0. The fourth-order valence-corrected chi connectivity index (χ4v) is 6.00. The molecule has 0 bridgehead atoms. The molecule has 0 N–H and O–H groups in total. The van der Waals surface area contributed by atoms with Crippen molar-refractivity contribution in [1.29, 1.82) is 0 Å². The van der Waals surface area contributed by atoms with Crippen LogP contribution in [0.4, 0.5) is 0 Å². The van der Waals surface area contributed by atoms with E-state index < -0.39 is 0 Å². The van der Waals surface area contributed by atoms with E-state index in [-0.39, 0.29) is 0 Å². The topological polar surface area (TPSA) is 18.5 Å². The predicted octanol–water partition coefficient (Wildman–Crippen LogP) is 12.7.